The van der Waals surface area contributed by atoms with Gasteiger partial charge in [0, 0.05) is 62.9 Å². The fourth-order valence-corrected chi connectivity index (χ4v) is 4.11. The van der Waals surface area contributed by atoms with Crippen molar-refractivity contribution in [2.75, 3.05) is 43.6 Å². The summed E-state index contributed by atoms with van der Waals surface area (Å²) in [6.07, 6.45) is -3.02. The molecule has 206 valence electrons. The second kappa shape index (κ2) is 12.7. The van der Waals surface area contributed by atoms with Crippen molar-refractivity contribution in [1.82, 2.24) is 5.32 Å². The SMILES string of the molecule is COCC[C@H]1CN(c2c(C(F)(F)F)ccc3c2C=Nc2cc(F)ccc2N3)CCN1.O=C(O)CCC(=O)O. The van der Waals surface area contributed by atoms with Crippen LogP contribution in [0.25, 0.3) is 0 Å². The van der Waals surface area contributed by atoms with Gasteiger partial charge in [-0.1, -0.05) is 0 Å². The van der Waals surface area contributed by atoms with Crippen LogP contribution in [0.3, 0.4) is 0 Å². The molecule has 0 aliphatic carbocycles. The summed E-state index contributed by atoms with van der Waals surface area (Å²) in [6, 6.07) is 6.57. The number of aliphatic carboxylic acids is 2. The summed E-state index contributed by atoms with van der Waals surface area (Å²) < 4.78 is 60.5. The van der Waals surface area contributed by atoms with Crippen molar-refractivity contribution in [2.45, 2.75) is 31.5 Å². The molecule has 4 N–H and O–H groups in total. The Labute approximate surface area is 216 Å². The van der Waals surface area contributed by atoms with E-state index in [2.05, 4.69) is 15.6 Å². The molecule has 0 unspecified atom stereocenters. The van der Waals surface area contributed by atoms with Crippen LogP contribution in [-0.2, 0) is 20.5 Å². The zero-order valence-corrected chi connectivity index (χ0v) is 20.5. The van der Waals surface area contributed by atoms with Gasteiger partial charge in [0.2, 0.25) is 0 Å². The van der Waals surface area contributed by atoms with Gasteiger partial charge in [-0.2, -0.15) is 13.2 Å². The largest absolute Gasteiger partial charge is 0.481 e. The third-order valence-electron chi connectivity index (χ3n) is 5.88. The average molecular weight is 541 g/mol. The molecule has 2 aromatic carbocycles. The Morgan fingerprint density at radius 1 is 1.13 bits per heavy atom. The number of alkyl halides is 3. The minimum atomic E-state index is -4.52. The zero-order chi connectivity index (χ0) is 27.9. The molecule has 38 heavy (non-hydrogen) atoms. The van der Waals surface area contributed by atoms with Gasteiger partial charge in [-0.15, -0.1) is 0 Å². The van der Waals surface area contributed by atoms with Crippen LogP contribution in [0.1, 0.15) is 30.4 Å². The monoisotopic (exact) mass is 540 g/mol. The minimum Gasteiger partial charge on any atom is -0.481 e. The van der Waals surface area contributed by atoms with Gasteiger partial charge in [-0.25, -0.2) is 4.39 Å². The Balaban J connectivity index is 0.000000436. The number of fused-ring (bicyclic) bond motifs is 2. The molecular formula is C25H28F4N4O5. The number of nitrogens with one attached hydrogen (secondary N) is 2. The molecule has 0 radical (unpaired) electrons. The number of ether oxygens (including phenoxy) is 1. The lowest BCUT2D eigenvalue weighted by atomic mass is 10.0. The van der Waals surface area contributed by atoms with E-state index in [1.54, 1.807) is 12.0 Å². The summed E-state index contributed by atoms with van der Waals surface area (Å²) >= 11 is 0. The lowest BCUT2D eigenvalue weighted by Crippen LogP contribution is -2.51. The topological polar surface area (TPSA) is 123 Å². The number of rotatable bonds is 7. The molecule has 0 amide bonds. The van der Waals surface area contributed by atoms with Crippen molar-refractivity contribution in [3.63, 3.8) is 0 Å². The highest BCUT2D eigenvalue weighted by Crippen LogP contribution is 2.43. The summed E-state index contributed by atoms with van der Waals surface area (Å²) in [5, 5.41) is 22.2. The summed E-state index contributed by atoms with van der Waals surface area (Å²) in [4.78, 5) is 25.3. The maximum atomic E-state index is 13.9. The molecule has 0 aromatic heterocycles. The maximum Gasteiger partial charge on any atom is 0.418 e. The van der Waals surface area contributed by atoms with Gasteiger partial charge >= 0.3 is 18.1 Å². The van der Waals surface area contributed by atoms with Crippen molar-refractivity contribution in [2.24, 2.45) is 4.99 Å². The van der Waals surface area contributed by atoms with Crippen molar-refractivity contribution in [3.05, 3.63) is 47.3 Å². The van der Waals surface area contributed by atoms with Crippen molar-refractivity contribution >= 4 is 40.9 Å². The molecule has 1 fully saturated rings. The smallest absolute Gasteiger partial charge is 0.418 e. The molecule has 0 saturated carbocycles. The number of halogens is 4. The number of benzene rings is 2. The molecule has 4 rings (SSSR count). The fraction of sp³-hybridized carbons (Fsp3) is 0.400. The molecule has 13 heteroatoms. The molecule has 0 spiro atoms. The third-order valence-corrected chi connectivity index (χ3v) is 5.88. The maximum absolute atomic E-state index is 13.9. The number of aliphatic imine (C=N–C) groups is 1. The van der Waals surface area contributed by atoms with E-state index in [-0.39, 0.29) is 24.6 Å². The van der Waals surface area contributed by atoms with E-state index in [1.807, 2.05) is 0 Å². The average Bonchev–Trinajstić information content (AvgIpc) is 3.04. The lowest BCUT2D eigenvalue weighted by molar-refractivity contribution is -0.143. The van der Waals surface area contributed by atoms with E-state index in [9.17, 15) is 27.2 Å². The number of carboxylic acid groups (broad SMARTS) is 2. The molecule has 1 saturated heterocycles. The molecule has 2 aliphatic rings. The van der Waals surface area contributed by atoms with Crippen LogP contribution in [-0.4, -0.2) is 67.8 Å². The summed E-state index contributed by atoms with van der Waals surface area (Å²) in [5.74, 6) is -2.61. The minimum absolute atomic E-state index is 0.0117. The van der Waals surface area contributed by atoms with E-state index >= 15 is 0 Å². The number of anilines is 3. The molecule has 2 aromatic rings. The predicted molar refractivity (Wildman–Crippen MR) is 133 cm³/mol. The Bertz CT molecular complexity index is 1180. The van der Waals surface area contributed by atoms with E-state index < -0.39 is 29.5 Å². The van der Waals surface area contributed by atoms with E-state index in [4.69, 9.17) is 14.9 Å². The van der Waals surface area contributed by atoms with E-state index in [1.165, 1.54) is 30.5 Å². The van der Waals surface area contributed by atoms with Gasteiger partial charge in [-0.3, -0.25) is 14.6 Å². The van der Waals surface area contributed by atoms with Crippen LogP contribution in [0, 0.1) is 5.82 Å². The van der Waals surface area contributed by atoms with Gasteiger partial charge < -0.3 is 30.5 Å². The lowest BCUT2D eigenvalue weighted by Gasteiger charge is -2.37. The molecule has 2 heterocycles. The summed E-state index contributed by atoms with van der Waals surface area (Å²) in [7, 11) is 1.60. The van der Waals surface area contributed by atoms with Crippen LogP contribution in [0.2, 0.25) is 0 Å². The molecule has 0 bridgehead atoms. The number of nitrogens with zero attached hydrogens (tertiary/aromatic N) is 2. The normalized spacial score (nSPS) is 16.3. The van der Waals surface area contributed by atoms with Crippen molar-refractivity contribution in [1.29, 1.82) is 0 Å². The molecule has 1 atom stereocenters. The summed E-state index contributed by atoms with van der Waals surface area (Å²) in [5.41, 5.74) is 1.10. The van der Waals surface area contributed by atoms with Crippen molar-refractivity contribution in [3.8, 4) is 0 Å². The van der Waals surface area contributed by atoms with Crippen LogP contribution in [0.5, 0.6) is 0 Å². The number of hydrogen-bond donors (Lipinski definition) is 4. The Kier molecular flexibility index (Phi) is 9.64. The molecular weight excluding hydrogens is 512 g/mol. The number of carbonyl (C=O) groups is 2. The first-order valence-electron chi connectivity index (χ1n) is 11.7. The number of piperazine rings is 1. The number of carboxylic acids is 2. The Morgan fingerprint density at radius 2 is 1.82 bits per heavy atom. The van der Waals surface area contributed by atoms with E-state index in [0.29, 0.717) is 55.3 Å². The van der Waals surface area contributed by atoms with Gasteiger partial charge in [0.25, 0.3) is 0 Å². The highest BCUT2D eigenvalue weighted by molar-refractivity contribution is 6.01. The quantitative estimate of drug-likeness (QED) is 0.325. The van der Waals surface area contributed by atoms with Crippen molar-refractivity contribution < 1.29 is 42.1 Å². The second-order valence-corrected chi connectivity index (χ2v) is 8.63. The van der Waals surface area contributed by atoms with Crippen LogP contribution in [0.4, 0.5) is 40.3 Å². The van der Waals surface area contributed by atoms with Gasteiger partial charge in [0.1, 0.15) is 5.82 Å². The van der Waals surface area contributed by atoms with Crippen LogP contribution < -0.4 is 15.5 Å². The highest BCUT2D eigenvalue weighted by Gasteiger charge is 2.38. The Hall–Kier alpha value is -3.71. The second-order valence-electron chi connectivity index (χ2n) is 8.63. The first-order chi connectivity index (χ1) is 18.0. The highest BCUT2D eigenvalue weighted by atomic mass is 19.4. The standard InChI is InChI=1S/C21H22F4N4O.C4H6O4/c1-30-9-6-14-12-29(8-7-26-14)20-15-11-27-19-10-13(22)2-4-18(19)28-17(15)5-3-16(20)21(23,24)25;5-3(6)1-2-4(7)8/h2-5,10-11,14,26,28H,6-9,12H2,1H3;1-2H2,(H,5,6)(H,7,8)/t14-;/m0./s1. The van der Waals surface area contributed by atoms with E-state index in [0.717, 1.165) is 6.07 Å². The first kappa shape index (κ1) is 28.9. The predicted octanol–water partition coefficient (Wildman–Crippen LogP) is 4.40. The van der Waals surface area contributed by atoms with Gasteiger partial charge in [-0.05, 0) is 30.7 Å². The van der Waals surface area contributed by atoms with Crippen LogP contribution in [0.15, 0.2) is 35.3 Å². The van der Waals surface area contributed by atoms with Gasteiger partial charge in [0.05, 0.1) is 35.5 Å². The molecule has 9 nitrogen and oxygen atoms in total. The number of methoxy groups -OCH3 is 1. The zero-order valence-electron chi connectivity index (χ0n) is 20.5. The van der Waals surface area contributed by atoms with Crippen LogP contribution >= 0.6 is 0 Å². The number of hydrogen-bond acceptors (Lipinski definition) is 7. The van der Waals surface area contributed by atoms with Gasteiger partial charge in [0.15, 0.2) is 0 Å². The molecule has 2 aliphatic heterocycles. The first-order valence-corrected chi connectivity index (χ1v) is 11.7. The summed E-state index contributed by atoms with van der Waals surface area (Å²) in [6.45, 7) is 1.93. The fourth-order valence-electron chi connectivity index (χ4n) is 4.11. The third kappa shape index (κ3) is 7.65. The Morgan fingerprint density at radius 3 is 2.45 bits per heavy atom.